The van der Waals surface area contributed by atoms with E-state index in [1.165, 1.54) is 0 Å². The van der Waals surface area contributed by atoms with Crippen molar-refractivity contribution in [3.8, 4) is 22.6 Å². The highest BCUT2D eigenvalue weighted by Crippen LogP contribution is 2.51. The minimum absolute atomic E-state index is 0. The first kappa shape index (κ1) is 19.4. The summed E-state index contributed by atoms with van der Waals surface area (Å²) in [6.45, 7) is 2.27. The molecule has 0 unspecified atom stereocenters. The van der Waals surface area contributed by atoms with Gasteiger partial charge in [-0.3, -0.25) is 9.59 Å². The lowest BCUT2D eigenvalue weighted by Crippen LogP contribution is -2.23. The highest BCUT2D eigenvalue weighted by molar-refractivity contribution is 5.95. The molecule has 0 atom stereocenters. The first-order chi connectivity index (χ1) is 15.0. The molecule has 5 heteroatoms. The summed E-state index contributed by atoms with van der Waals surface area (Å²) in [7, 11) is 0. The van der Waals surface area contributed by atoms with Crippen molar-refractivity contribution in [1.82, 2.24) is 0 Å². The Balaban J connectivity index is 0.00000245. The zero-order valence-corrected chi connectivity index (χ0v) is 17.3. The lowest BCUT2D eigenvalue weighted by atomic mass is 9.85. The smallest absolute Gasteiger partial charge is 0.248 e. The molecule has 3 aromatic carbocycles. The van der Waals surface area contributed by atoms with Gasteiger partial charge in [0, 0.05) is 13.4 Å². The fourth-order valence-electron chi connectivity index (χ4n) is 4.39. The van der Waals surface area contributed by atoms with E-state index in [0.29, 0.717) is 17.7 Å². The number of ketones is 1. The van der Waals surface area contributed by atoms with Crippen LogP contribution in [0.15, 0.2) is 60.7 Å². The van der Waals surface area contributed by atoms with Crippen LogP contribution in [0, 0.1) is 6.92 Å². The molecule has 158 valence electrons. The Morgan fingerprint density at radius 3 is 2.45 bits per heavy atom. The van der Waals surface area contributed by atoms with Crippen molar-refractivity contribution in [1.29, 1.82) is 0 Å². The maximum absolute atomic E-state index is 13.4. The van der Waals surface area contributed by atoms with Crippen LogP contribution in [-0.4, -0.2) is 18.5 Å². The van der Waals surface area contributed by atoms with Crippen LogP contribution in [-0.2, 0) is 16.6 Å². The van der Waals surface area contributed by atoms with Gasteiger partial charge in [0.25, 0.3) is 0 Å². The maximum atomic E-state index is 13.4. The van der Waals surface area contributed by atoms with Gasteiger partial charge in [-0.1, -0.05) is 36.4 Å². The molecule has 2 N–H and O–H groups in total. The Morgan fingerprint density at radius 2 is 1.74 bits per heavy atom. The van der Waals surface area contributed by atoms with Gasteiger partial charge in [0.15, 0.2) is 11.5 Å². The predicted octanol–water partition coefficient (Wildman–Crippen LogP) is 4.58. The quantitative estimate of drug-likeness (QED) is 0.639. The molecule has 0 saturated heterocycles. The molecule has 0 aromatic heterocycles. The number of rotatable bonds is 6. The molecule has 1 saturated carbocycles. The molecular weight excluding hydrogens is 390 g/mol. The third-order valence-electron chi connectivity index (χ3n) is 6.49. The van der Waals surface area contributed by atoms with E-state index in [1.54, 1.807) is 12.1 Å². The minimum Gasteiger partial charge on any atom is -0.454 e. The van der Waals surface area contributed by atoms with Gasteiger partial charge in [-0.25, -0.2) is 0 Å². The topological polar surface area (TPSA) is 78.6 Å². The van der Waals surface area contributed by atoms with Crippen LogP contribution in [0.4, 0.5) is 0 Å². The molecule has 31 heavy (non-hydrogen) atoms. The monoisotopic (exact) mass is 415 g/mol. The van der Waals surface area contributed by atoms with Crippen LogP contribution in [0.25, 0.3) is 11.1 Å². The SMILES string of the molecule is Cc1c(CC(=O)C2(c3ccc4c(c3)OCO4)CC2)cccc1-c1ccc(C(N)=O)cc1.[HH]. The number of carbonyl (C=O) groups excluding carboxylic acids is 2. The molecule has 0 bridgehead atoms. The summed E-state index contributed by atoms with van der Waals surface area (Å²) < 4.78 is 10.9. The van der Waals surface area contributed by atoms with Crippen molar-refractivity contribution in [3.05, 3.63) is 82.9 Å². The van der Waals surface area contributed by atoms with Crippen LogP contribution in [0.5, 0.6) is 11.5 Å². The number of carbonyl (C=O) groups is 2. The summed E-state index contributed by atoms with van der Waals surface area (Å²) in [4.78, 5) is 24.7. The van der Waals surface area contributed by atoms with E-state index in [9.17, 15) is 9.59 Å². The van der Waals surface area contributed by atoms with E-state index in [2.05, 4.69) is 0 Å². The number of nitrogens with two attached hydrogens (primary N) is 1. The Hall–Kier alpha value is -3.60. The molecular formula is C26H25NO4. The van der Waals surface area contributed by atoms with Gasteiger partial charge < -0.3 is 15.2 Å². The van der Waals surface area contributed by atoms with Crippen LogP contribution >= 0.6 is 0 Å². The first-order valence-corrected chi connectivity index (χ1v) is 10.4. The zero-order chi connectivity index (χ0) is 21.6. The van der Waals surface area contributed by atoms with Gasteiger partial charge in [0.05, 0.1) is 5.41 Å². The summed E-state index contributed by atoms with van der Waals surface area (Å²) in [6, 6.07) is 19.1. The summed E-state index contributed by atoms with van der Waals surface area (Å²) >= 11 is 0. The van der Waals surface area contributed by atoms with Gasteiger partial charge in [0.1, 0.15) is 5.78 Å². The van der Waals surface area contributed by atoms with Crippen molar-refractivity contribution in [3.63, 3.8) is 0 Å². The average molecular weight is 415 g/mol. The largest absolute Gasteiger partial charge is 0.454 e. The zero-order valence-electron chi connectivity index (χ0n) is 17.3. The molecule has 5 rings (SSSR count). The maximum Gasteiger partial charge on any atom is 0.248 e. The predicted molar refractivity (Wildman–Crippen MR) is 119 cm³/mol. The standard InChI is InChI=1S/C26H23NO4.H2/c1-16-19(3-2-4-21(16)17-5-7-18(8-6-17)25(27)29)13-24(28)26(11-12-26)20-9-10-22-23(14-20)31-15-30-22;/h2-10,14H,11-13,15H2,1H3,(H2,27,29);1H. The molecule has 0 radical (unpaired) electrons. The number of amides is 1. The van der Waals surface area contributed by atoms with E-state index in [-0.39, 0.29) is 14.0 Å². The second-order valence-electron chi connectivity index (χ2n) is 8.28. The lowest BCUT2D eigenvalue weighted by Gasteiger charge is -2.17. The van der Waals surface area contributed by atoms with Crippen molar-refractivity contribution in [2.75, 3.05) is 6.79 Å². The second kappa shape index (κ2) is 7.27. The fourth-order valence-corrected chi connectivity index (χ4v) is 4.39. The van der Waals surface area contributed by atoms with Crippen molar-refractivity contribution < 1.29 is 20.5 Å². The van der Waals surface area contributed by atoms with E-state index in [0.717, 1.165) is 46.4 Å². The summed E-state index contributed by atoms with van der Waals surface area (Å²) in [6.07, 6.45) is 2.10. The van der Waals surface area contributed by atoms with E-state index < -0.39 is 11.3 Å². The molecule has 1 heterocycles. The number of primary amides is 1. The molecule has 1 aliphatic heterocycles. The highest BCUT2D eigenvalue weighted by atomic mass is 16.7. The summed E-state index contributed by atoms with van der Waals surface area (Å²) in [5.74, 6) is 1.24. The third-order valence-corrected chi connectivity index (χ3v) is 6.49. The van der Waals surface area contributed by atoms with E-state index in [4.69, 9.17) is 15.2 Å². The van der Waals surface area contributed by atoms with Crippen molar-refractivity contribution in [2.24, 2.45) is 5.73 Å². The number of hydrogen-bond donors (Lipinski definition) is 1. The van der Waals surface area contributed by atoms with E-state index >= 15 is 0 Å². The molecule has 1 aliphatic carbocycles. The minimum atomic E-state index is -0.444. The summed E-state index contributed by atoms with van der Waals surface area (Å²) in [5.41, 5.74) is 10.6. The number of hydrogen-bond acceptors (Lipinski definition) is 4. The second-order valence-corrected chi connectivity index (χ2v) is 8.28. The lowest BCUT2D eigenvalue weighted by molar-refractivity contribution is -0.120. The van der Waals surface area contributed by atoms with Gasteiger partial charge in [0.2, 0.25) is 12.7 Å². The van der Waals surface area contributed by atoms with Crippen LogP contribution in [0.3, 0.4) is 0 Å². The number of ether oxygens (including phenoxy) is 2. The van der Waals surface area contributed by atoms with Crippen molar-refractivity contribution in [2.45, 2.75) is 31.6 Å². The van der Waals surface area contributed by atoms with Crippen LogP contribution in [0.1, 0.15) is 41.3 Å². The summed E-state index contributed by atoms with van der Waals surface area (Å²) in [5, 5.41) is 0. The first-order valence-electron chi connectivity index (χ1n) is 10.4. The number of fused-ring (bicyclic) bond motifs is 1. The van der Waals surface area contributed by atoms with Crippen molar-refractivity contribution >= 4 is 11.7 Å². The van der Waals surface area contributed by atoms with Gasteiger partial charge in [-0.15, -0.1) is 0 Å². The molecule has 1 fully saturated rings. The normalized spacial score (nSPS) is 15.5. The Labute approximate surface area is 182 Å². The number of Topliss-reactive ketones (excluding diaryl/α,β-unsaturated/α-hetero) is 1. The molecule has 3 aromatic rings. The Bertz CT molecular complexity index is 1200. The van der Waals surface area contributed by atoms with E-state index in [1.807, 2.05) is 55.5 Å². The Kier molecular flexibility index (Phi) is 4.54. The average Bonchev–Trinajstić information content (AvgIpc) is 3.46. The molecule has 2 aliphatic rings. The van der Waals surface area contributed by atoms with Crippen LogP contribution < -0.4 is 15.2 Å². The molecule has 0 spiro atoms. The molecule has 5 nitrogen and oxygen atoms in total. The molecule has 1 amide bonds. The number of benzene rings is 3. The van der Waals surface area contributed by atoms with Gasteiger partial charge in [-0.2, -0.15) is 0 Å². The van der Waals surface area contributed by atoms with Gasteiger partial charge >= 0.3 is 0 Å². The highest BCUT2D eigenvalue weighted by Gasteiger charge is 2.50. The Morgan fingerprint density at radius 1 is 1.00 bits per heavy atom. The van der Waals surface area contributed by atoms with Gasteiger partial charge in [-0.05, 0) is 71.8 Å². The third kappa shape index (κ3) is 3.36. The fraction of sp³-hybridized carbons (Fsp3) is 0.231. The van der Waals surface area contributed by atoms with Crippen LogP contribution in [0.2, 0.25) is 0 Å².